The third-order valence-electron chi connectivity index (χ3n) is 5.09. The summed E-state index contributed by atoms with van der Waals surface area (Å²) in [7, 11) is -2.33. The second-order valence-electron chi connectivity index (χ2n) is 7.21. The van der Waals surface area contributed by atoms with Crippen LogP contribution in [0.1, 0.15) is 10.4 Å². The summed E-state index contributed by atoms with van der Waals surface area (Å²) in [4.78, 5) is 14.9. The Hall–Kier alpha value is -2.88. The Balaban J connectivity index is 1.51. The molecule has 1 aliphatic heterocycles. The lowest BCUT2D eigenvalue weighted by Crippen LogP contribution is -2.49. The SMILES string of the molecule is Cn1cc(C(=O)Nc2ccccc2)c(S(=O)(=O)N2CCN(c3ccc(Cl)cc3)CC2)n1. The lowest BCUT2D eigenvalue weighted by molar-refractivity contribution is 0.102. The van der Waals surface area contributed by atoms with Gasteiger partial charge in [0.1, 0.15) is 0 Å². The molecule has 1 N–H and O–H groups in total. The summed E-state index contributed by atoms with van der Waals surface area (Å²) in [5.41, 5.74) is 1.59. The number of benzene rings is 2. The minimum Gasteiger partial charge on any atom is -0.369 e. The van der Waals surface area contributed by atoms with Crippen LogP contribution < -0.4 is 10.2 Å². The van der Waals surface area contributed by atoms with E-state index in [2.05, 4.69) is 15.3 Å². The average molecular weight is 460 g/mol. The predicted octanol–water partition coefficient (Wildman–Crippen LogP) is 2.84. The van der Waals surface area contributed by atoms with Crippen molar-refractivity contribution in [1.82, 2.24) is 14.1 Å². The molecule has 1 amide bonds. The maximum Gasteiger partial charge on any atom is 0.263 e. The Morgan fingerprint density at radius 1 is 1.00 bits per heavy atom. The monoisotopic (exact) mass is 459 g/mol. The molecule has 31 heavy (non-hydrogen) atoms. The van der Waals surface area contributed by atoms with Gasteiger partial charge in [-0.3, -0.25) is 9.48 Å². The maximum absolute atomic E-state index is 13.3. The Morgan fingerprint density at radius 3 is 2.29 bits per heavy atom. The molecule has 10 heteroatoms. The van der Waals surface area contributed by atoms with Gasteiger partial charge < -0.3 is 10.2 Å². The van der Waals surface area contributed by atoms with Gasteiger partial charge in [0.25, 0.3) is 15.9 Å². The number of aromatic nitrogens is 2. The molecule has 1 aromatic heterocycles. The van der Waals surface area contributed by atoms with Crippen LogP contribution in [-0.4, -0.2) is 54.6 Å². The molecule has 3 aromatic rings. The lowest BCUT2D eigenvalue weighted by Gasteiger charge is -2.35. The second-order valence-corrected chi connectivity index (χ2v) is 9.50. The number of rotatable bonds is 5. The first-order chi connectivity index (χ1) is 14.8. The number of hydrogen-bond donors (Lipinski definition) is 1. The van der Waals surface area contributed by atoms with Gasteiger partial charge in [-0.1, -0.05) is 29.8 Å². The third-order valence-corrected chi connectivity index (χ3v) is 7.17. The third kappa shape index (κ3) is 4.58. The van der Waals surface area contributed by atoms with Crippen LogP contribution >= 0.6 is 11.6 Å². The molecule has 0 spiro atoms. The van der Waals surface area contributed by atoms with Crippen molar-refractivity contribution < 1.29 is 13.2 Å². The van der Waals surface area contributed by atoms with Crippen LogP contribution in [0.15, 0.2) is 65.8 Å². The predicted molar refractivity (Wildman–Crippen MR) is 120 cm³/mol. The number of hydrogen-bond acceptors (Lipinski definition) is 5. The largest absolute Gasteiger partial charge is 0.369 e. The Kier molecular flexibility index (Phi) is 5.99. The summed E-state index contributed by atoms with van der Waals surface area (Å²) >= 11 is 5.95. The topological polar surface area (TPSA) is 87.5 Å². The lowest BCUT2D eigenvalue weighted by atomic mass is 10.2. The first-order valence-electron chi connectivity index (χ1n) is 9.75. The van der Waals surface area contributed by atoms with Crippen LogP contribution in [-0.2, 0) is 17.1 Å². The van der Waals surface area contributed by atoms with Gasteiger partial charge in [-0.15, -0.1) is 0 Å². The summed E-state index contributed by atoms with van der Waals surface area (Å²) < 4.78 is 29.3. The highest BCUT2D eigenvalue weighted by Gasteiger charge is 2.34. The molecule has 162 valence electrons. The number of nitrogens with zero attached hydrogens (tertiary/aromatic N) is 4. The second kappa shape index (κ2) is 8.70. The molecule has 0 radical (unpaired) electrons. The fourth-order valence-corrected chi connectivity index (χ4v) is 5.16. The van der Waals surface area contributed by atoms with Gasteiger partial charge in [0.2, 0.25) is 5.03 Å². The van der Waals surface area contributed by atoms with E-state index < -0.39 is 15.9 Å². The first-order valence-corrected chi connectivity index (χ1v) is 11.6. The number of carbonyl (C=O) groups excluding carboxylic acids is 1. The normalized spacial score (nSPS) is 15.1. The molecule has 0 bridgehead atoms. The Bertz CT molecular complexity index is 1170. The minimum absolute atomic E-state index is 0.0199. The first kappa shape index (κ1) is 21.4. The summed E-state index contributed by atoms with van der Waals surface area (Å²) in [6, 6.07) is 16.3. The molecule has 0 aliphatic carbocycles. The highest BCUT2D eigenvalue weighted by Crippen LogP contribution is 2.24. The van der Waals surface area contributed by atoms with Crippen molar-refractivity contribution in [3.63, 3.8) is 0 Å². The van der Waals surface area contributed by atoms with Gasteiger partial charge in [0, 0.05) is 55.8 Å². The molecule has 1 saturated heterocycles. The molecule has 0 saturated carbocycles. The van der Waals surface area contributed by atoms with E-state index in [1.54, 1.807) is 31.3 Å². The smallest absolute Gasteiger partial charge is 0.263 e. The van der Waals surface area contributed by atoms with Gasteiger partial charge in [-0.2, -0.15) is 9.40 Å². The average Bonchev–Trinajstić information content (AvgIpc) is 3.18. The molecule has 1 fully saturated rings. The number of amides is 1. The van der Waals surface area contributed by atoms with E-state index >= 15 is 0 Å². The van der Waals surface area contributed by atoms with E-state index in [0.717, 1.165) is 5.69 Å². The number of sulfonamides is 1. The van der Waals surface area contributed by atoms with E-state index in [4.69, 9.17) is 11.6 Å². The molecule has 0 unspecified atom stereocenters. The number of carbonyl (C=O) groups is 1. The van der Waals surface area contributed by atoms with Crippen molar-refractivity contribution in [3.8, 4) is 0 Å². The summed E-state index contributed by atoms with van der Waals surface area (Å²) in [6.45, 7) is 1.64. The van der Waals surface area contributed by atoms with Crippen molar-refractivity contribution in [2.75, 3.05) is 36.4 Å². The number of nitrogens with one attached hydrogen (secondary N) is 1. The van der Waals surface area contributed by atoms with Gasteiger partial charge in [-0.25, -0.2) is 8.42 Å². The van der Waals surface area contributed by atoms with Crippen molar-refractivity contribution in [3.05, 3.63) is 71.4 Å². The molecule has 1 aliphatic rings. The van der Waals surface area contributed by atoms with Crippen LogP contribution in [0.4, 0.5) is 11.4 Å². The number of anilines is 2. The van der Waals surface area contributed by atoms with Crippen LogP contribution in [0, 0.1) is 0 Å². The fraction of sp³-hybridized carbons (Fsp3) is 0.238. The highest BCUT2D eigenvalue weighted by atomic mass is 35.5. The van der Waals surface area contributed by atoms with E-state index in [1.165, 1.54) is 15.2 Å². The number of aryl methyl sites for hydroxylation is 1. The zero-order chi connectivity index (χ0) is 22.0. The van der Waals surface area contributed by atoms with E-state index in [9.17, 15) is 13.2 Å². The van der Waals surface area contributed by atoms with Crippen molar-refractivity contribution >= 4 is 38.9 Å². The zero-order valence-electron chi connectivity index (χ0n) is 16.9. The van der Waals surface area contributed by atoms with Crippen LogP contribution in [0.25, 0.3) is 0 Å². The van der Waals surface area contributed by atoms with E-state index in [0.29, 0.717) is 36.9 Å². The summed E-state index contributed by atoms with van der Waals surface area (Å²) in [5.74, 6) is -0.516. The molecule has 4 rings (SSSR count). The van der Waals surface area contributed by atoms with Crippen LogP contribution in [0.2, 0.25) is 5.02 Å². The van der Waals surface area contributed by atoms with E-state index in [1.807, 2.05) is 30.3 Å². The Morgan fingerprint density at radius 2 is 1.65 bits per heavy atom. The molecular formula is C21H22ClN5O3S. The highest BCUT2D eigenvalue weighted by molar-refractivity contribution is 7.89. The molecule has 8 nitrogen and oxygen atoms in total. The minimum atomic E-state index is -3.93. The van der Waals surface area contributed by atoms with Gasteiger partial charge in [-0.05, 0) is 36.4 Å². The zero-order valence-corrected chi connectivity index (χ0v) is 18.5. The van der Waals surface area contributed by atoms with Gasteiger partial charge in [0.15, 0.2) is 0 Å². The van der Waals surface area contributed by atoms with Gasteiger partial charge >= 0.3 is 0 Å². The standard InChI is InChI=1S/C21H22ClN5O3S/c1-25-15-19(20(28)23-17-5-3-2-4-6-17)21(24-25)31(29,30)27-13-11-26(12-14-27)18-9-7-16(22)8-10-18/h2-10,15H,11-14H2,1H3,(H,23,28). The Labute approximate surface area is 186 Å². The quantitative estimate of drug-likeness (QED) is 0.634. The van der Waals surface area contributed by atoms with Crippen LogP contribution in [0.5, 0.6) is 0 Å². The molecular weight excluding hydrogens is 438 g/mol. The molecule has 2 heterocycles. The van der Waals surface area contributed by atoms with Crippen molar-refractivity contribution in [2.24, 2.45) is 7.05 Å². The molecule has 2 aromatic carbocycles. The summed E-state index contributed by atoms with van der Waals surface area (Å²) in [5, 5.41) is 7.25. The number of para-hydroxylation sites is 1. The van der Waals surface area contributed by atoms with Crippen LogP contribution in [0.3, 0.4) is 0 Å². The summed E-state index contributed by atoms with van der Waals surface area (Å²) in [6.07, 6.45) is 1.43. The van der Waals surface area contributed by atoms with Crippen molar-refractivity contribution in [2.45, 2.75) is 5.03 Å². The van der Waals surface area contributed by atoms with Gasteiger partial charge in [0.05, 0.1) is 5.56 Å². The van der Waals surface area contributed by atoms with E-state index in [-0.39, 0.29) is 10.6 Å². The number of halogens is 1. The number of piperazine rings is 1. The van der Waals surface area contributed by atoms with Crippen molar-refractivity contribution in [1.29, 1.82) is 0 Å². The fourth-order valence-electron chi connectivity index (χ4n) is 3.50. The molecule has 0 atom stereocenters. The maximum atomic E-state index is 13.3.